The van der Waals surface area contributed by atoms with E-state index in [1.165, 1.54) is 4.31 Å². The number of benzene rings is 3. The van der Waals surface area contributed by atoms with E-state index in [0.29, 0.717) is 6.42 Å². The van der Waals surface area contributed by atoms with E-state index >= 15 is 0 Å². The molecule has 0 amide bonds. The van der Waals surface area contributed by atoms with Crippen molar-refractivity contribution in [3.8, 4) is 11.8 Å². The predicted octanol–water partition coefficient (Wildman–Crippen LogP) is 3.87. The Kier molecular flexibility index (Phi) is 5.75. The molecule has 3 atom stereocenters. The van der Waals surface area contributed by atoms with Gasteiger partial charge in [0.25, 0.3) is 0 Å². The summed E-state index contributed by atoms with van der Waals surface area (Å²) < 4.78 is 34.4. The number of ether oxygens (including phenoxy) is 1. The van der Waals surface area contributed by atoms with Gasteiger partial charge in [-0.1, -0.05) is 65.9 Å². The third kappa shape index (κ3) is 4.30. The van der Waals surface area contributed by atoms with Gasteiger partial charge in [0.2, 0.25) is 10.0 Å². The van der Waals surface area contributed by atoms with E-state index in [2.05, 4.69) is 11.8 Å². The molecule has 0 bridgehead atoms. The highest BCUT2D eigenvalue weighted by atomic mass is 32.2. The van der Waals surface area contributed by atoms with E-state index < -0.39 is 21.7 Å². The number of sulfonamides is 1. The molecule has 2 fully saturated rings. The molecule has 0 aromatic heterocycles. The van der Waals surface area contributed by atoms with Crippen LogP contribution in [0.2, 0.25) is 0 Å². The van der Waals surface area contributed by atoms with E-state index in [1.807, 2.05) is 49.4 Å². The van der Waals surface area contributed by atoms with Crippen LogP contribution in [0.1, 0.15) is 30.4 Å². The van der Waals surface area contributed by atoms with E-state index in [4.69, 9.17) is 4.74 Å². The fraction of sp³-hybridized carbons (Fsp3) is 0.333. The molecule has 1 aliphatic carbocycles. The summed E-state index contributed by atoms with van der Waals surface area (Å²) in [6.45, 7) is 2.16. The molecule has 5 rings (SSSR count). The SMILES string of the molecule is Cc1ccc(S(=O)(=O)N(CC#Cc2cccc3ccccc23)C[C@]23CCC[C@@H](O)[C@H]2O3)cc1. The first-order valence-corrected chi connectivity index (χ1v) is 12.7. The molecule has 1 heterocycles. The Bertz CT molecular complexity index is 1330. The molecule has 0 unspecified atom stereocenters. The third-order valence-electron chi connectivity index (χ3n) is 6.64. The lowest BCUT2D eigenvalue weighted by Crippen LogP contribution is -2.43. The Balaban J connectivity index is 1.46. The highest BCUT2D eigenvalue weighted by molar-refractivity contribution is 7.89. The van der Waals surface area contributed by atoms with E-state index in [9.17, 15) is 13.5 Å². The molecule has 6 heteroatoms. The molecule has 0 radical (unpaired) electrons. The summed E-state index contributed by atoms with van der Waals surface area (Å²) in [4.78, 5) is 0.241. The Labute approximate surface area is 195 Å². The van der Waals surface area contributed by atoms with Gasteiger partial charge in [0.1, 0.15) is 11.7 Å². The highest BCUT2D eigenvalue weighted by Gasteiger charge is 2.62. The summed E-state index contributed by atoms with van der Waals surface area (Å²) in [5.41, 5.74) is 1.25. The van der Waals surface area contributed by atoms with Crippen LogP contribution in [-0.4, -0.2) is 48.7 Å². The summed E-state index contributed by atoms with van der Waals surface area (Å²) in [6.07, 6.45) is 1.42. The number of aryl methyl sites for hydroxylation is 1. The summed E-state index contributed by atoms with van der Waals surface area (Å²) in [6, 6.07) is 20.8. The van der Waals surface area contributed by atoms with Crippen molar-refractivity contribution in [2.45, 2.75) is 48.9 Å². The van der Waals surface area contributed by atoms with E-state index in [-0.39, 0.29) is 24.1 Å². The Morgan fingerprint density at radius 3 is 2.67 bits per heavy atom. The minimum absolute atomic E-state index is 0.0490. The number of aliphatic hydroxyl groups is 1. The molecular formula is C27H27NO4S. The van der Waals surface area contributed by atoms with Crippen LogP contribution in [0.3, 0.4) is 0 Å². The quantitative estimate of drug-likeness (QED) is 0.463. The fourth-order valence-corrected chi connectivity index (χ4v) is 6.16. The van der Waals surface area contributed by atoms with Gasteiger partial charge < -0.3 is 9.84 Å². The second-order valence-corrected chi connectivity index (χ2v) is 10.9. The molecule has 33 heavy (non-hydrogen) atoms. The summed E-state index contributed by atoms with van der Waals surface area (Å²) in [5.74, 6) is 6.27. The zero-order chi connectivity index (χ0) is 23.1. The summed E-state index contributed by atoms with van der Waals surface area (Å²) in [7, 11) is -3.77. The van der Waals surface area contributed by atoms with Crippen molar-refractivity contribution < 1.29 is 18.3 Å². The van der Waals surface area contributed by atoms with Crippen molar-refractivity contribution in [3.05, 3.63) is 77.9 Å². The third-order valence-corrected chi connectivity index (χ3v) is 8.45. The minimum atomic E-state index is -3.77. The molecule has 170 valence electrons. The lowest BCUT2D eigenvalue weighted by molar-refractivity contribution is 0.122. The van der Waals surface area contributed by atoms with Crippen molar-refractivity contribution in [2.75, 3.05) is 13.1 Å². The first-order valence-electron chi connectivity index (χ1n) is 11.3. The van der Waals surface area contributed by atoms with Crippen LogP contribution in [0.4, 0.5) is 0 Å². The van der Waals surface area contributed by atoms with E-state index in [1.54, 1.807) is 24.3 Å². The molecular weight excluding hydrogens is 434 g/mol. The molecule has 1 saturated carbocycles. The monoisotopic (exact) mass is 461 g/mol. The van der Waals surface area contributed by atoms with Crippen molar-refractivity contribution in [2.24, 2.45) is 0 Å². The van der Waals surface area contributed by atoms with Gasteiger partial charge >= 0.3 is 0 Å². The maximum atomic E-state index is 13.6. The number of fused-ring (bicyclic) bond motifs is 2. The van der Waals surface area contributed by atoms with Gasteiger partial charge in [0.05, 0.1) is 17.5 Å². The van der Waals surface area contributed by atoms with Gasteiger partial charge in [0, 0.05) is 12.1 Å². The van der Waals surface area contributed by atoms with Gasteiger partial charge in [-0.3, -0.25) is 0 Å². The fourth-order valence-electron chi connectivity index (χ4n) is 4.76. The summed E-state index contributed by atoms with van der Waals surface area (Å²) in [5, 5.41) is 12.4. The number of rotatable bonds is 5. The summed E-state index contributed by atoms with van der Waals surface area (Å²) >= 11 is 0. The van der Waals surface area contributed by atoms with Crippen LogP contribution in [0.5, 0.6) is 0 Å². The van der Waals surface area contributed by atoms with Gasteiger partial charge in [-0.15, -0.1) is 0 Å². The topological polar surface area (TPSA) is 70.1 Å². The molecule has 1 aliphatic heterocycles. The molecule has 5 nitrogen and oxygen atoms in total. The van der Waals surface area contributed by atoms with Crippen molar-refractivity contribution in [1.29, 1.82) is 0 Å². The van der Waals surface area contributed by atoms with Crippen molar-refractivity contribution in [3.63, 3.8) is 0 Å². The second-order valence-electron chi connectivity index (χ2n) is 8.98. The lowest BCUT2D eigenvalue weighted by Gasteiger charge is -2.27. The number of hydrogen-bond acceptors (Lipinski definition) is 4. The predicted molar refractivity (Wildman–Crippen MR) is 128 cm³/mol. The normalized spacial score (nSPS) is 24.2. The first-order chi connectivity index (χ1) is 15.9. The van der Waals surface area contributed by atoms with Gasteiger partial charge in [-0.2, -0.15) is 4.31 Å². The van der Waals surface area contributed by atoms with Crippen LogP contribution >= 0.6 is 0 Å². The minimum Gasteiger partial charge on any atom is -0.390 e. The maximum absolute atomic E-state index is 13.6. The lowest BCUT2D eigenvalue weighted by atomic mass is 9.87. The zero-order valence-electron chi connectivity index (χ0n) is 18.6. The van der Waals surface area contributed by atoms with Crippen molar-refractivity contribution in [1.82, 2.24) is 4.31 Å². The van der Waals surface area contributed by atoms with Crippen LogP contribution in [0.15, 0.2) is 71.6 Å². The second kappa shape index (κ2) is 8.58. The molecule has 1 N–H and O–H groups in total. The van der Waals surface area contributed by atoms with Crippen LogP contribution < -0.4 is 0 Å². The smallest absolute Gasteiger partial charge is 0.244 e. The standard InChI is InChI=1S/C27H27NO4S/c1-20-13-15-23(16-14-20)33(30,31)28(19-27-17-5-12-25(29)26(27)32-27)18-6-10-22-9-4-8-21-7-2-3-11-24(21)22/h2-4,7-9,11,13-16,25-26,29H,5,12,17-19H2,1H3/t25-,26-,27-/m1/s1. The first kappa shape index (κ1) is 22.1. The number of aliphatic hydroxyl groups excluding tert-OH is 1. The molecule has 3 aromatic carbocycles. The number of hydrogen-bond donors (Lipinski definition) is 1. The van der Waals surface area contributed by atoms with Crippen LogP contribution in [0, 0.1) is 18.8 Å². The van der Waals surface area contributed by atoms with Gasteiger partial charge in [0.15, 0.2) is 0 Å². The van der Waals surface area contributed by atoms with Crippen LogP contribution in [-0.2, 0) is 14.8 Å². The molecule has 1 saturated heterocycles. The average Bonchev–Trinajstić information content (AvgIpc) is 3.55. The van der Waals surface area contributed by atoms with Gasteiger partial charge in [-0.25, -0.2) is 8.42 Å². The number of epoxide rings is 1. The largest absolute Gasteiger partial charge is 0.390 e. The maximum Gasteiger partial charge on any atom is 0.244 e. The zero-order valence-corrected chi connectivity index (χ0v) is 19.4. The Morgan fingerprint density at radius 2 is 1.85 bits per heavy atom. The molecule has 3 aromatic rings. The molecule has 2 aliphatic rings. The Morgan fingerprint density at radius 1 is 1.09 bits per heavy atom. The Hall–Kier alpha value is -2.69. The number of nitrogens with zero attached hydrogens (tertiary/aromatic N) is 1. The average molecular weight is 462 g/mol. The highest BCUT2D eigenvalue weighted by Crippen LogP contribution is 2.48. The van der Waals surface area contributed by atoms with Gasteiger partial charge in [-0.05, 0) is 55.2 Å². The van der Waals surface area contributed by atoms with Crippen molar-refractivity contribution >= 4 is 20.8 Å². The van der Waals surface area contributed by atoms with Crippen LogP contribution in [0.25, 0.3) is 10.8 Å². The molecule has 0 spiro atoms. The van der Waals surface area contributed by atoms with E-state index in [0.717, 1.165) is 34.7 Å².